The summed E-state index contributed by atoms with van der Waals surface area (Å²) in [6, 6.07) is 16.7. The number of halogens is 2. The van der Waals surface area contributed by atoms with Crippen molar-refractivity contribution in [3.05, 3.63) is 86.9 Å². The van der Waals surface area contributed by atoms with Crippen molar-refractivity contribution in [2.24, 2.45) is 0 Å². The Balaban J connectivity index is 1.92. The van der Waals surface area contributed by atoms with Crippen molar-refractivity contribution < 1.29 is 9.53 Å². The van der Waals surface area contributed by atoms with Crippen LogP contribution in [-0.2, 0) is 0 Å². The van der Waals surface area contributed by atoms with Gasteiger partial charge in [0.2, 0.25) is 0 Å². The number of rotatable bonds is 4. The molecule has 32 heavy (non-hydrogen) atoms. The van der Waals surface area contributed by atoms with Gasteiger partial charge in [0, 0.05) is 16.0 Å². The van der Waals surface area contributed by atoms with E-state index in [1.165, 1.54) is 0 Å². The second-order valence-corrected chi connectivity index (χ2v) is 8.59. The monoisotopic (exact) mass is 464 g/mol. The van der Waals surface area contributed by atoms with E-state index in [0.717, 1.165) is 44.6 Å². The number of carbonyl (C=O) groups is 1. The Labute approximate surface area is 197 Å². The lowest BCUT2D eigenvalue weighted by atomic mass is 9.94. The highest BCUT2D eigenvalue weighted by Gasteiger charge is 2.21. The number of methoxy groups -OCH3 is 1. The molecule has 0 aliphatic heterocycles. The molecule has 0 saturated carbocycles. The number of carbonyl (C=O) groups excluding carboxylic acids is 1. The van der Waals surface area contributed by atoms with Crippen molar-refractivity contribution in [3.63, 3.8) is 0 Å². The summed E-state index contributed by atoms with van der Waals surface area (Å²) in [5.74, 6) is 0.508. The lowest BCUT2D eigenvalue weighted by molar-refractivity contribution is 0.102. The molecule has 0 aliphatic rings. The number of hydrogen-bond donors (Lipinski definition) is 1. The van der Waals surface area contributed by atoms with E-state index in [1.54, 1.807) is 25.3 Å². The number of pyridine rings is 1. The normalized spacial score (nSPS) is 10.9. The van der Waals surface area contributed by atoms with Gasteiger partial charge in [0.1, 0.15) is 5.75 Å². The van der Waals surface area contributed by atoms with Crippen LogP contribution in [0, 0.1) is 20.8 Å². The molecule has 0 atom stereocenters. The molecule has 0 unspecified atom stereocenters. The van der Waals surface area contributed by atoms with E-state index in [4.69, 9.17) is 32.9 Å². The van der Waals surface area contributed by atoms with Crippen LogP contribution in [0.25, 0.3) is 22.2 Å². The van der Waals surface area contributed by atoms with Crippen LogP contribution in [-0.4, -0.2) is 18.0 Å². The molecule has 1 N–H and O–H groups in total. The second kappa shape index (κ2) is 8.81. The zero-order valence-corrected chi connectivity index (χ0v) is 19.7. The molecule has 0 radical (unpaired) electrons. The predicted octanol–water partition coefficient (Wildman–Crippen LogP) is 7.39. The molecule has 1 heterocycles. The van der Waals surface area contributed by atoms with Crippen molar-refractivity contribution in [1.82, 2.24) is 4.98 Å². The standard InChI is InChI=1S/C26H22Cl2N2O2/c1-14-11-15(2)24-20(12-14)23(26(31)29-22-10-7-18(27)13-21(22)28)16(3)25(30-24)17-5-8-19(32-4)9-6-17/h5-13H,1-4H3,(H,29,31). The third-order valence-electron chi connectivity index (χ3n) is 5.44. The van der Waals surface area contributed by atoms with Crippen LogP contribution in [0.4, 0.5) is 5.69 Å². The number of anilines is 1. The van der Waals surface area contributed by atoms with Gasteiger partial charge in [-0.15, -0.1) is 0 Å². The van der Waals surface area contributed by atoms with Gasteiger partial charge >= 0.3 is 0 Å². The highest BCUT2D eigenvalue weighted by molar-refractivity contribution is 6.37. The zero-order chi connectivity index (χ0) is 23.0. The number of nitrogens with one attached hydrogen (secondary N) is 1. The number of aromatic nitrogens is 1. The smallest absolute Gasteiger partial charge is 0.256 e. The van der Waals surface area contributed by atoms with Gasteiger partial charge in [0.15, 0.2) is 0 Å². The minimum Gasteiger partial charge on any atom is -0.497 e. The number of nitrogens with zero attached hydrogens (tertiary/aromatic N) is 1. The maximum absolute atomic E-state index is 13.5. The van der Waals surface area contributed by atoms with Crippen LogP contribution < -0.4 is 10.1 Å². The molecule has 0 fully saturated rings. The molecule has 3 aromatic carbocycles. The van der Waals surface area contributed by atoms with Crippen LogP contribution in [0.2, 0.25) is 10.0 Å². The van der Waals surface area contributed by atoms with Crippen LogP contribution in [0.15, 0.2) is 54.6 Å². The SMILES string of the molecule is COc1ccc(-c2nc3c(C)cc(C)cc3c(C(=O)Nc3ccc(Cl)cc3Cl)c2C)cc1. The van der Waals surface area contributed by atoms with E-state index in [-0.39, 0.29) is 5.91 Å². The summed E-state index contributed by atoms with van der Waals surface area (Å²) in [6.45, 7) is 5.94. The molecular weight excluding hydrogens is 443 g/mol. The van der Waals surface area contributed by atoms with E-state index in [0.29, 0.717) is 21.3 Å². The summed E-state index contributed by atoms with van der Waals surface area (Å²) < 4.78 is 5.28. The van der Waals surface area contributed by atoms with Gasteiger partial charge in [-0.3, -0.25) is 4.79 Å². The van der Waals surface area contributed by atoms with E-state index in [2.05, 4.69) is 11.4 Å². The largest absolute Gasteiger partial charge is 0.497 e. The van der Waals surface area contributed by atoms with Crippen LogP contribution in [0.3, 0.4) is 0 Å². The van der Waals surface area contributed by atoms with E-state index in [9.17, 15) is 4.79 Å². The fourth-order valence-electron chi connectivity index (χ4n) is 3.91. The third kappa shape index (κ3) is 4.16. The summed E-state index contributed by atoms with van der Waals surface area (Å²) in [4.78, 5) is 18.5. The fraction of sp³-hybridized carbons (Fsp3) is 0.154. The first-order chi connectivity index (χ1) is 15.3. The van der Waals surface area contributed by atoms with Gasteiger partial charge in [-0.25, -0.2) is 4.98 Å². The molecule has 0 bridgehead atoms. The number of ether oxygens (including phenoxy) is 1. The number of aryl methyl sites for hydroxylation is 2. The summed E-state index contributed by atoms with van der Waals surface area (Å²) in [5.41, 5.74) is 6.37. The zero-order valence-electron chi connectivity index (χ0n) is 18.2. The van der Waals surface area contributed by atoms with Gasteiger partial charge in [-0.2, -0.15) is 0 Å². The van der Waals surface area contributed by atoms with Crippen molar-refractivity contribution in [2.45, 2.75) is 20.8 Å². The summed E-state index contributed by atoms with van der Waals surface area (Å²) in [7, 11) is 1.63. The van der Waals surface area contributed by atoms with Crippen molar-refractivity contribution >= 4 is 45.7 Å². The quantitative estimate of drug-likeness (QED) is 0.342. The van der Waals surface area contributed by atoms with Crippen molar-refractivity contribution in [1.29, 1.82) is 0 Å². The Morgan fingerprint density at radius 2 is 1.69 bits per heavy atom. The third-order valence-corrected chi connectivity index (χ3v) is 5.99. The van der Waals surface area contributed by atoms with Gasteiger partial charge in [0.05, 0.1) is 34.6 Å². The van der Waals surface area contributed by atoms with Crippen molar-refractivity contribution in [2.75, 3.05) is 12.4 Å². The molecule has 4 aromatic rings. The van der Waals surface area contributed by atoms with Gasteiger partial charge in [-0.1, -0.05) is 34.8 Å². The molecule has 4 nitrogen and oxygen atoms in total. The average Bonchev–Trinajstić information content (AvgIpc) is 2.75. The molecule has 0 saturated heterocycles. The van der Waals surface area contributed by atoms with E-state index in [1.807, 2.05) is 51.1 Å². The number of hydrogen-bond acceptors (Lipinski definition) is 3. The minimum absolute atomic E-state index is 0.251. The first-order valence-electron chi connectivity index (χ1n) is 10.1. The Morgan fingerprint density at radius 3 is 2.34 bits per heavy atom. The highest BCUT2D eigenvalue weighted by Crippen LogP contribution is 2.34. The first-order valence-corrected chi connectivity index (χ1v) is 10.9. The van der Waals surface area contributed by atoms with E-state index >= 15 is 0 Å². The Bertz CT molecular complexity index is 1350. The first kappa shape index (κ1) is 22.1. The summed E-state index contributed by atoms with van der Waals surface area (Å²) >= 11 is 12.3. The lowest BCUT2D eigenvalue weighted by Crippen LogP contribution is -2.16. The topological polar surface area (TPSA) is 51.2 Å². The van der Waals surface area contributed by atoms with Crippen LogP contribution in [0.1, 0.15) is 27.0 Å². The van der Waals surface area contributed by atoms with Crippen LogP contribution in [0.5, 0.6) is 5.75 Å². The number of fused-ring (bicyclic) bond motifs is 1. The lowest BCUT2D eigenvalue weighted by Gasteiger charge is -2.17. The molecular formula is C26H22Cl2N2O2. The molecule has 0 aliphatic carbocycles. The second-order valence-electron chi connectivity index (χ2n) is 7.75. The van der Waals surface area contributed by atoms with Crippen LogP contribution >= 0.6 is 23.2 Å². The van der Waals surface area contributed by atoms with E-state index < -0.39 is 0 Å². The Morgan fingerprint density at radius 1 is 0.969 bits per heavy atom. The summed E-state index contributed by atoms with van der Waals surface area (Å²) in [6.07, 6.45) is 0. The predicted molar refractivity (Wildman–Crippen MR) is 132 cm³/mol. The maximum atomic E-state index is 13.5. The molecule has 0 spiro atoms. The summed E-state index contributed by atoms with van der Waals surface area (Å²) in [5, 5.41) is 4.64. The Kier molecular flexibility index (Phi) is 6.09. The van der Waals surface area contributed by atoms with Crippen molar-refractivity contribution in [3.8, 4) is 17.0 Å². The highest BCUT2D eigenvalue weighted by atomic mass is 35.5. The number of amides is 1. The minimum atomic E-state index is -0.251. The van der Waals surface area contributed by atoms with Gasteiger partial charge in [-0.05, 0) is 80.4 Å². The Hall–Kier alpha value is -3.08. The molecule has 6 heteroatoms. The molecule has 1 amide bonds. The number of benzene rings is 3. The fourth-order valence-corrected chi connectivity index (χ4v) is 4.37. The molecule has 162 valence electrons. The molecule has 4 rings (SSSR count). The molecule has 1 aromatic heterocycles. The van der Waals surface area contributed by atoms with Gasteiger partial charge < -0.3 is 10.1 Å². The average molecular weight is 465 g/mol. The maximum Gasteiger partial charge on any atom is 0.256 e. The van der Waals surface area contributed by atoms with Gasteiger partial charge in [0.25, 0.3) is 5.91 Å².